The summed E-state index contributed by atoms with van der Waals surface area (Å²) < 4.78 is 4.95. The van der Waals surface area contributed by atoms with Crippen molar-refractivity contribution < 1.29 is 19.1 Å². The van der Waals surface area contributed by atoms with Gasteiger partial charge in [-0.3, -0.25) is 9.59 Å². The summed E-state index contributed by atoms with van der Waals surface area (Å²) >= 11 is 5.89. The SMILES string of the molecule is Cc1ccc(Cl)cc1NC(=O)COC(=O)[C@@H](C)NC(=O)c1ccccc1. The van der Waals surface area contributed by atoms with Crippen LogP contribution in [-0.2, 0) is 14.3 Å². The molecule has 2 aromatic rings. The molecule has 0 aliphatic carbocycles. The molecule has 0 radical (unpaired) electrons. The molecular weight excluding hydrogens is 356 g/mol. The van der Waals surface area contributed by atoms with E-state index in [1.54, 1.807) is 48.5 Å². The summed E-state index contributed by atoms with van der Waals surface area (Å²) in [7, 11) is 0. The second-order valence-electron chi connectivity index (χ2n) is 5.68. The van der Waals surface area contributed by atoms with Gasteiger partial charge in [0, 0.05) is 16.3 Å². The zero-order valence-electron chi connectivity index (χ0n) is 14.4. The molecule has 0 spiro atoms. The minimum absolute atomic E-state index is 0.394. The Morgan fingerprint density at radius 2 is 1.81 bits per heavy atom. The van der Waals surface area contributed by atoms with Crippen molar-refractivity contribution in [2.75, 3.05) is 11.9 Å². The van der Waals surface area contributed by atoms with Crippen molar-refractivity contribution in [1.82, 2.24) is 5.32 Å². The first-order valence-electron chi connectivity index (χ1n) is 7.95. The topological polar surface area (TPSA) is 84.5 Å². The lowest BCUT2D eigenvalue weighted by atomic mass is 10.2. The maximum atomic E-state index is 12.0. The normalized spacial score (nSPS) is 11.3. The Morgan fingerprint density at radius 3 is 2.50 bits per heavy atom. The highest BCUT2D eigenvalue weighted by Crippen LogP contribution is 2.19. The average molecular weight is 375 g/mol. The summed E-state index contributed by atoms with van der Waals surface area (Å²) in [6.45, 7) is 2.84. The van der Waals surface area contributed by atoms with E-state index in [4.69, 9.17) is 16.3 Å². The minimum Gasteiger partial charge on any atom is -0.454 e. The number of esters is 1. The van der Waals surface area contributed by atoms with E-state index in [1.165, 1.54) is 6.92 Å². The van der Waals surface area contributed by atoms with Crippen molar-refractivity contribution in [3.05, 3.63) is 64.7 Å². The molecule has 0 bridgehead atoms. The number of nitrogens with one attached hydrogen (secondary N) is 2. The van der Waals surface area contributed by atoms with Crippen molar-refractivity contribution in [2.45, 2.75) is 19.9 Å². The van der Waals surface area contributed by atoms with E-state index in [-0.39, 0.29) is 0 Å². The third-order valence-electron chi connectivity index (χ3n) is 3.56. The molecule has 0 aliphatic rings. The third-order valence-corrected chi connectivity index (χ3v) is 3.79. The van der Waals surface area contributed by atoms with Crippen LogP contribution in [0, 0.1) is 6.92 Å². The van der Waals surface area contributed by atoms with Crippen molar-refractivity contribution in [3.8, 4) is 0 Å². The predicted molar refractivity (Wildman–Crippen MR) is 99.1 cm³/mol. The first kappa shape index (κ1) is 19.5. The summed E-state index contributed by atoms with van der Waals surface area (Å²) in [6.07, 6.45) is 0. The molecule has 0 saturated carbocycles. The van der Waals surface area contributed by atoms with Gasteiger partial charge in [-0.2, -0.15) is 0 Å². The Morgan fingerprint density at radius 1 is 1.12 bits per heavy atom. The lowest BCUT2D eigenvalue weighted by Crippen LogP contribution is -2.40. The molecule has 2 rings (SSSR count). The van der Waals surface area contributed by atoms with Crippen LogP contribution in [0.15, 0.2) is 48.5 Å². The number of ether oxygens (including phenoxy) is 1. The fraction of sp³-hybridized carbons (Fsp3) is 0.211. The van der Waals surface area contributed by atoms with E-state index in [1.807, 2.05) is 6.92 Å². The number of amides is 2. The van der Waals surface area contributed by atoms with E-state index >= 15 is 0 Å². The highest BCUT2D eigenvalue weighted by molar-refractivity contribution is 6.31. The van der Waals surface area contributed by atoms with E-state index in [9.17, 15) is 14.4 Å². The second-order valence-corrected chi connectivity index (χ2v) is 6.11. The van der Waals surface area contributed by atoms with Crippen molar-refractivity contribution in [2.24, 2.45) is 0 Å². The molecule has 7 heteroatoms. The first-order valence-corrected chi connectivity index (χ1v) is 8.33. The van der Waals surface area contributed by atoms with Crippen molar-refractivity contribution >= 4 is 35.1 Å². The van der Waals surface area contributed by atoms with Crippen LogP contribution in [0.1, 0.15) is 22.8 Å². The summed E-state index contributed by atoms with van der Waals surface area (Å²) in [5.41, 5.74) is 1.81. The molecule has 26 heavy (non-hydrogen) atoms. The van der Waals surface area contributed by atoms with Crippen molar-refractivity contribution in [1.29, 1.82) is 0 Å². The van der Waals surface area contributed by atoms with E-state index in [2.05, 4.69) is 10.6 Å². The van der Waals surface area contributed by atoms with Crippen LogP contribution in [0.5, 0.6) is 0 Å². The summed E-state index contributed by atoms with van der Waals surface area (Å²) in [5, 5.41) is 5.63. The van der Waals surface area contributed by atoms with Gasteiger partial charge in [-0.1, -0.05) is 35.9 Å². The van der Waals surface area contributed by atoms with Crippen LogP contribution in [-0.4, -0.2) is 30.4 Å². The Bertz CT molecular complexity index is 808. The van der Waals surface area contributed by atoms with Gasteiger partial charge < -0.3 is 15.4 Å². The van der Waals surface area contributed by atoms with Gasteiger partial charge in [0.1, 0.15) is 6.04 Å². The average Bonchev–Trinajstić information content (AvgIpc) is 2.63. The van der Waals surface area contributed by atoms with Crippen LogP contribution in [0.25, 0.3) is 0 Å². The van der Waals surface area contributed by atoms with E-state index in [0.717, 1.165) is 5.56 Å². The quantitative estimate of drug-likeness (QED) is 0.761. The number of aryl methyl sites for hydroxylation is 1. The van der Waals surface area contributed by atoms with E-state index in [0.29, 0.717) is 16.3 Å². The van der Waals surface area contributed by atoms with Gasteiger partial charge in [0.25, 0.3) is 11.8 Å². The number of rotatable bonds is 6. The smallest absolute Gasteiger partial charge is 0.328 e. The number of hydrogen-bond donors (Lipinski definition) is 2. The van der Waals surface area contributed by atoms with Gasteiger partial charge in [0.05, 0.1) is 0 Å². The molecule has 0 aliphatic heterocycles. The molecule has 0 saturated heterocycles. The zero-order chi connectivity index (χ0) is 19.1. The molecule has 0 aromatic heterocycles. The highest BCUT2D eigenvalue weighted by Gasteiger charge is 2.19. The Labute approximate surface area is 156 Å². The number of carbonyl (C=O) groups excluding carboxylic acids is 3. The van der Waals surface area contributed by atoms with Crippen LogP contribution < -0.4 is 10.6 Å². The van der Waals surface area contributed by atoms with Gasteiger partial charge in [0.2, 0.25) is 0 Å². The zero-order valence-corrected chi connectivity index (χ0v) is 15.2. The summed E-state index contributed by atoms with van der Waals surface area (Å²) in [5.74, 6) is -1.59. The molecule has 2 aromatic carbocycles. The monoisotopic (exact) mass is 374 g/mol. The lowest BCUT2D eigenvalue weighted by molar-refractivity contribution is -0.148. The standard InChI is InChI=1S/C19H19ClN2O4/c1-12-8-9-15(20)10-16(12)22-17(23)11-26-19(25)13(2)21-18(24)14-6-4-3-5-7-14/h3-10,13H,11H2,1-2H3,(H,21,24)(H,22,23)/t13-/m1/s1. The van der Waals surface area contributed by atoms with Gasteiger partial charge in [-0.05, 0) is 43.7 Å². The highest BCUT2D eigenvalue weighted by atomic mass is 35.5. The van der Waals surface area contributed by atoms with Crippen LogP contribution in [0.2, 0.25) is 5.02 Å². The Kier molecular flexibility index (Phi) is 6.74. The minimum atomic E-state index is -0.886. The molecule has 2 N–H and O–H groups in total. The molecule has 136 valence electrons. The van der Waals surface area contributed by atoms with E-state index < -0.39 is 30.4 Å². The third kappa shape index (κ3) is 5.60. The molecule has 0 unspecified atom stereocenters. The largest absolute Gasteiger partial charge is 0.454 e. The molecule has 0 heterocycles. The van der Waals surface area contributed by atoms with Crippen LogP contribution in [0.4, 0.5) is 5.69 Å². The molecule has 2 amide bonds. The second kappa shape index (κ2) is 9.01. The van der Waals surface area contributed by atoms with Crippen LogP contribution >= 0.6 is 11.6 Å². The maximum absolute atomic E-state index is 12.0. The number of anilines is 1. The fourth-order valence-electron chi connectivity index (χ4n) is 2.11. The Hall–Kier alpha value is -2.86. The molecule has 0 fully saturated rings. The van der Waals surface area contributed by atoms with Gasteiger partial charge in [-0.25, -0.2) is 4.79 Å². The summed E-state index contributed by atoms with van der Waals surface area (Å²) in [4.78, 5) is 35.9. The van der Waals surface area contributed by atoms with Gasteiger partial charge in [-0.15, -0.1) is 0 Å². The number of benzene rings is 2. The Balaban J connectivity index is 1.82. The predicted octanol–water partition coefficient (Wildman–Crippen LogP) is 2.95. The molecule has 6 nitrogen and oxygen atoms in total. The number of halogens is 1. The first-order chi connectivity index (χ1) is 12.4. The van der Waals surface area contributed by atoms with Gasteiger partial charge in [0.15, 0.2) is 6.61 Å². The molecule has 1 atom stereocenters. The van der Waals surface area contributed by atoms with Crippen molar-refractivity contribution in [3.63, 3.8) is 0 Å². The van der Waals surface area contributed by atoms with Gasteiger partial charge >= 0.3 is 5.97 Å². The number of hydrogen-bond acceptors (Lipinski definition) is 4. The summed E-state index contributed by atoms with van der Waals surface area (Å²) in [6, 6.07) is 12.7. The lowest BCUT2D eigenvalue weighted by Gasteiger charge is -2.14. The maximum Gasteiger partial charge on any atom is 0.328 e. The van der Waals surface area contributed by atoms with Crippen LogP contribution in [0.3, 0.4) is 0 Å². The number of carbonyl (C=O) groups is 3. The molecular formula is C19H19ClN2O4. The fourth-order valence-corrected chi connectivity index (χ4v) is 2.28.